The molecule has 0 aliphatic heterocycles. The average Bonchev–Trinajstić information content (AvgIpc) is 2.93. The number of rotatable bonds is 5. The first kappa shape index (κ1) is 15.0. The van der Waals surface area contributed by atoms with E-state index in [2.05, 4.69) is 31.4 Å². The van der Waals surface area contributed by atoms with Crippen molar-refractivity contribution in [3.63, 3.8) is 0 Å². The van der Waals surface area contributed by atoms with Crippen LogP contribution in [0.25, 0.3) is 0 Å². The molecule has 1 saturated carbocycles. The number of fused-ring (bicyclic) bond motifs is 1. The summed E-state index contributed by atoms with van der Waals surface area (Å²) in [5.74, 6) is 3.38. The number of nitrogens with zero attached hydrogens (tertiary/aromatic N) is 1. The van der Waals surface area contributed by atoms with E-state index < -0.39 is 0 Å². The van der Waals surface area contributed by atoms with Gasteiger partial charge in [0.05, 0.1) is 0 Å². The van der Waals surface area contributed by atoms with Crippen LogP contribution in [0.3, 0.4) is 0 Å². The van der Waals surface area contributed by atoms with Gasteiger partial charge in [-0.3, -0.25) is 4.98 Å². The molecule has 1 aromatic heterocycles. The number of pyridine rings is 1. The highest BCUT2D eigenvalue weighted by Crippen LogP contribution is 2.47. The molecule has 1 N–H and O–H groups in total. The van der Waals surface area contributed by atoms with Crippen LogP contribution in [0.5, 0.6) is 0 Å². The lowest BCUT2D eigenvalue weighted by molar-refractivity contribution is 0.143. The summed E-state index contributed by atoms with van der Waals surface area (Å²) in [5, 5.41) is 3.44. The molecule has 2 aliphatic carbocycles. The summed E-state index contributed by atoms with van der Waals surface area (Å²) in [4.78, 5) is 4.76. The molecule has 2 heteroatoms. The Hall–Kier alpha value is -0.890. The van der Waals surface area contributed by atoms with Crippen LogP contribution in [0.2, 0.25) is 0 Å². The third-order valence-electron chi connectivity index (χ3n) is 5.84. The lowest BCUT2D eigenvalue weighted by Gasteiger charge is -2.39. The third-order valence-corrected chi connectivity index (χ3v) is 5.84. The molecule has 2 aliphatic rings. The minimum Gasteiger partial charge on any atom is -0.319 e. The monoisotopic (exact) mass is 286 g/mol. The molecule has 1 heterocycles. The van der Waals surface area contributed by atoms with E-state index in [0.717, 1.165) is 23.7 Å². The molecule has 116 valence electrons. The molecular weight excluding hydrogens is 256 g/mol. The summed E-state index contributed by atoms with van der Waals surface area (Å²) in [6.07, 6.45) is 11.6. The van der Waals surface area contributed by atoms with Crippen LogP contribution in [-0.2, 0) is 6.42 Å². The summed E-state index contributed by atoms with van der Waals surface area (Å²) < 4.78 is 0. The molecule has 4 atom stereocenters. The van der Waals surface area contributed by atoms with Gasteiger partial charge in [-0.15, -0.1) is 0 Å². The zero-order valence-electron chi connectivity index (χ0n) is 13.6. The van der Waals surface area contributed by atoms with Gasteiger partial charge in [-0.1, -0.05) is 32.3 Å². The van der Waals surface area contributed by atoms with Gasteiger partial charge in [-0.25, -0.2) is 0 Å². The molecule has 4 unspecified atom stereocenters. The van der Waals surface area contributed by atoms with Crippen molar-refractivity contribution in [2.24, 2.45) is 17.8 Å². The Kier molecular flexibility index (Phi) is 4.95. The highest BCUT2D eigenvalue weighted by molar-refractivity contribution is 5.29. The topological polar surface area (TPSA) is 24.9 Å². The second-order valence-corrected chi connectivity index (χ2v) is 7.14. The summed E-state index contributed by atoms with van der Waals surface area (Å²) in [7, 11) is 2.11. The van der Waals surface area contributed by atoms with E-state index in [9.17, 15) is 0 Å². The fraction of sp³-hybridized carbons (Fsp3) is 0.737. The first-order valence-corrected chi connectivity index (χ1v) is 8.91. The smallest absolute Gasteiger partial charge is 0.0469 e. The Morgan fingerprint density at radius 3 is 3.00 bits per heavy atom. The highest BCUT2D eigenvalue weighted by Gasteiger charge is 2.38. The fourth-order valence-corrected chi connectivity index (χ4v) is 4.90. The summed E-state index contributed by atoms with van der Waals surface area (Å²) in [5.41, 5.74) is 2.95. The molecule has 3 rings (SSSR count). The van der Waals surface area contributed by atoms with Crippen molar-refractivity contribution in [3.05, 3.63) is 29.6 Å². The Morgan fingerprint density at radius 2 is 2.19 bits per heavy atom. The minimum absolute atomic E-state index is 0.721. The molecule has 0 aromatic carbocycles. The van der Waals surface area contributed by atoms with Gasteiger partial charge in [0.2, 0.25) is 0 Å². The van der Waals surface area contributed by atoms with Gasteiger partial charge in [0.1, 0.15) is 0 Å². The van der Waals surface area contributed by atoms with Crippen molar-refractivity contribution in [1.82, 2.24) is 10.3 Å². The van der Waals surface area contributed by atoms with Gasteiger partial charge >= 0.3 is 0 Å². The van der Waals surface area contributed by atoms with Crippen molar-refractivity contribution < 1.29 is 0 Å². The zero-order chi connectivity index (χ0) is 14.7. The maximum absolute atomic E-state index is 4.76. The number of hydrogen-bond donors (Lipinski definition) is 1. The second kappa shape index (κ2) is 6.91. The molecule has 0 bridgehead atoms. The number of hydrogen-bond acceptors (Lipinski definition) is 2. The van der Waals surface area contributed by atoms with Crippen LogP contribution in [0, 0.1) is 17.8 Å². The zero-order valence-corrected chi connectivity index (χ0v) is 13.6. The highest BCUT2D eigenvalue weighted by atomic mass is 14.8. The third kappa shape index (κ3) is 3.15. The van der Waals surface area contributed by atoms with Crippen molar-refractivity contribution in [1.29, 1.82) is 0 Å². The van der Waals surface area contributed by atoms with Crippen LogP contribution >= 0.6 is 0 Å². The molecule has 2 nitrogen and oxygen atoms in total. The van der Waals surface area contributed by atoms with E-state index >= 15 is 0 Å². The van der Waals surface area contributed by atoms with Crippen molar-refractivity contribution in [2.45, 2.75) is 57.8 Å². The van der Waals surface area contributed by atoms with E-state index in [-0.39, 0.29) is 0 Å². The molecule has 0 spiro atoms. The van der Waals surface area contributed by atoms with E-state index in [1.165, 1.54) is 62.7 Å². The first-order valence-electron chi connectivity index (χ1n) is 8.91. The van der Waals surface area contributed by atoms with Crippen molar-refractivity contribution >= 4 is 0 Å². The minimum atomic E-state index is 0.721. The fourth-order valence-electron chi connectivity index (χ4n) is 4.90. The summed E-state index contributed by atoms with van der Waals surface area (Å²) >= 11 is 0. The first-order chi connectivity index (χ1) is 10.3. The van der Waals surface area contributed by atoms with Gasteiger partial charge in [0.15, 0.2) is 0 Å². The maximum atomic E-state index is 4.76. The van der Waals surface area contributed by atoms with Crippen LogP contribution in [0.15, 0.2) is 18.3 Å². The van der Waals surface area contributed by atoms with E-state index in [4.69, 9.17) is 4.98 Å². The van der Waals surface area contributed by atoms with Crippen molar-refractivity contribution in [2.75, 3.05) is 13.6 Å². The molecule has 0 amide bonds. The molecule has 1 aromatic rings. The number of nitrogens with one attached hydrogen (secondary N) is 1. The maximum Gasteiger partial charge on any atom is 0.0469 e. The van der Waals surface area contributed by atoms with Crippen LogP contribution in [0.1, 0.15) is 62.6 Å². The SMILES string of the molecule is CCCC1CCC(CNC)C(C2CCc3cccnc32)C1. The average molecular weight is 286 g/mol. The summed E-state index contributed by atoms with van der Waals surface area (Å²) in [6, 6.07) is 4.40. The Labute approximate surface area is 129 Å². The van der Waals surface area contributed by atoms with Gasteiger partial charge < -0.3 is 5.32 Å². The molecule has 0 saturated heterocycles. The van der Waals surface area contributed by atoms with Crippen LogP contribution in [-0.4, -0.2) is 18.6 Å². The Bertz CT molecular complexity index is 457. The summed E-state index contributed by atoms with van der Waals surface area (Å²) in [6.45, 7) is 3.52. The predicted molar refractivity (Wildman–Crippen MR) is 88.5 cm³/mol. The molecule has 0 radical (unpaired) electrons. The Morgan fingerprint density at radius 1 is 1.29 bits per heavy atom. The largest absolute Gasteiger partial charge is 0.319 e. The number of aryl methyl sites for hydroxylation is 1. The van der Waals surface area contributed by atoms with Gasteiger partial charge in [0, 0.05) is 17.8 Å². The molecular formula is C19H30N2. The van der Waals surface area contributed by atoms with E-state index in [1.807, 2.05) is 6.20 Å². The quantitative estimate of drug-likeness (QED) is 0.879. The Balaban J connectivity index is 1.79. The van der Waals surface area contributed by atoms with Crippen LogP contribution in [0.4, 0.5) is 0 Å². The van der Waals surface area contributed by atoms with Crippen molar-refractivity contribution in [3.8, 4) is 0 Å². The predicted octanol–water partition coefficient (Wildman–Crippen LogP) is 4.16. The lowest BCUT2D eigenvalue weighted by atomic mass is 9.67. The second-order valence-electron chi connectivity index (χ2n) is 7.14. The van der Waals surface area contributed by atoms with E-state index in [0.29, 0.717) is 0 Å². The molecule has 21 heavy (non-hydrogen) atoms. The standard InChI is InChI=1S/C19H30N2/c1-3-5-14-7-8-16(13-20-2)18(12-14)17-10-9-15-6-4-11-21-19(15)17/h4,6,11,14,16-18,20H,3,5,7-10,12-13H2,1-2H3. The van der Waals surface area contributed by atoms with Gasteiger partial charge in [-0.2, -0.15) is 0 Å². The van der Waals surface area contributed by atoms with Gasteiger partial charge in [0.25, 0.3) is 0 Å². The lowest BCUT2D eigenvalue weighted by Crippen LogP contribution is -2.35. The normalized spacial score (nSPS) is 32.1. The number of aromatic nitrogens is 1. The van der Waals surface area contributed by atoms with Crippen LogP contribution < -0.4 is 5.32 Å². The van der Waals surface area contributed by atoms with E-state index in [1.54, 1.807) is 0 Å². The molecule has 1 fully saturated rings. The van der Waals surface area contributed by atoms with Gasteiger partial charge in [-0.05, 0) is 68.7 Å².